The minimum Gasteiger partial charge on any atom is -0.480 e. The van der Waals surface area contributed by atoms with E-state index in [1.54, 1.807) is 0 Å². The van der Waals surface area contributed by atoms with Crippen molar-refractivity contribution in [3.8, 4) is 0 Å². The van der Waals surface area contributed by atoms with Crippen molar-refractivity contribution in [2.45, 2.75) is 45.2 Å². The number of aliphatic carboxylic acids is 1. The number of carboxylic acids is 1. The van der Waals surface area contributed by atoms with Crippen LogP contribution in [-0.4, -0.2) is 35.3 Å². The molecule has 0 amide bonds. The van der Waals surface area contributed by atoms with Gasteiger partial charge in [0.15, 0.2) is 0 Å². The summed E-state index contributed by atoms with van der Waals surface area (Å²) < 4.78 is 28.2. The molecule has 2 N–H and O–H groups in total. The van der Waals surface area contributed by atoms with Crippen molar-refractivity contribution in [1.29, 1.82) is 0 Å². The van der Waals surface area contributed by atoms with Crippen molar-refractivity contribution < 1.29 is 18.3 Å². The summed E-state index contributed by atoms with van der Waals surface area (Å²) in [4.78, 5) is 10.5. The van der Waals surface area contributed by atoms with Gasteiger partial charge in [0.2, 0.25) is 10.0 Å². The Hall–Kier alpha value is -1.41. The third-order valence-electron chi connectivity index (χ3n) is 4.51. The third kappa shape index (κ3) is 2.33. The highest BCUT2D eigenvalue weighted by Crippen LogP contribution is 2.62. The molecule has 0 unspecified atom stereocenters. The van der Waals surface area contributed by atoms with Gasteiger partial charge in [0, 0.05) is 12.2 Å². The van der Waals surface area contributed by atoms with E-state index in [2.05, 4.69) is 9.82 Å². The Labute approximate surface area is 118 Å². The molecule has 1 heterocycles. The lowest BCUT2D eigenvalue weighted by atomic mass is 10.0. The second kappa shape index (κ2) is 4.29. The van der Waals surface area contributed by atoms with Crippen LogP contribution < -0.4 is 4.72 Å². The zero-order valence-electron chi connectivity index (χ0n) is 11.9. The van der Waals surface area contributed by atoms with E-state index in [1.165, 1.54) is 6.20 Å². The van der Waals surface area contributed by atoms with Gasteiger partial charge in [-0.1, -0.05) is 27.7 Å². The summed E-state index contributed by atoms with van der Waals surface area (Å²) in [6.45, 7) is 7.67. The molecule has 1 fully saturated rings. The zero-order valence-corrected chi connectivity index (χ0v) is 12.7. The topological polar surface area (TPSA) is 101 Å². The molecular weight excluding hydrogens is 282 g/mol. The highest BCUT2D eigenvalue weighted by molar-refractivity contribution is 7.89. The van der Waals surface area contributed by atoms with E-state index in [0.29, 0.717) is 0 Å². The molecule has 8 heteroatoms. The predicted octanol–water partition coefficient (Wildman–Crippen LogP) is 0.681. The smallest absolute Gasteiger partial charge is 0.325 e. The molecular formula is C12H19N3O4S. The maximum atomic E-state index is 12.2. The van der Waals surface area contributed by atoms with Crippen molar-refractivity contribution in [3.63, 3.8) is 0 Å². The first-order valence-corrected chi connectivity index (χ1v) is 7.73. The number of hydrogen-bond acceptors (Lipinski definition) is 4. The lowest BCUT2D eigenvalue weighted by Crippen LogP contribution is -2.29. The van der Waals surface area contributed by atoms with Crippen molar-refractivity contribution >= 4 is 16.0 Å². The van der Waals surface area contributed by atoms with Gasteiger partial charge in [0.05, 0.1) is 6.20 Å². The highest BCUT2D eigenvalue weighted by Gasteiger charge is 2.66. The quantitative estimate of drug-likeness (QED) is 0.833. The predicted molar refractivity (Wildman–Crippen MR) is 71.5 cm³/mol. The summed E-state index contributed by atoms with van der Waals surface area (Å²) in [5.74, 6) is -1.07. The Kier molecular flexibility index (Phi) is 3.22. The largest absolute Gasteiger partial charge is 0.480 e. The van der Waals surface area contributed by atoms with Gasteiger partial charge in [0.25, 0.3) is 0 Å². The Bertz CT molecular complexity index is 631. The molecule has 20 heavy (non-hydrogen) atoms. The number of nitrogens with one attached hydrogen (secondary N) is 1. The minimum absolute atomic E-state index is 0.0164. The molecule has 112 valence electrons. The van der Waals surface area contributed by atoms with E-state index in [0.717, 1.165) is 10.9 Å². The molecule has 0 atom stereocenters. The first-order valence-electron chi connectivity index (χ1n) is 6.25. The molecule has 0 aromatic carbocycles. The van der Waals surface area contributed by atoms with Crippen LogP contribution in [0.4, 0.5) is 0 Å². The fourth-order valence-corrected chi connectivity index (χ4v) is 3.90. The summed E-state index contributed by atoms with van der Waals surface area (Å²) >= 11 is 0. The first kappa shape index (κ1) is 15.0. The number of aromatic nitrogens is 2. The fourth-order valence-electron chi connectivity index (χ4n) is 2.42. The summed E-state index contributed by atoms with van der Waals surface area (Å²) in [5.41, 5.74) is -0.228. The molecule has 0 spiro atoms. The van der Waals surface area contributed by atoms with Crippen molar-refractivity contribution in [2.75, 3.05) is 0 Å². The number of rotatable bonds is 5. The Balaban J connectivity index is 2.16. The normalized spacial score (nSPS) is 20.8. The molecule has 1 aromatic heterocycles. The zero-order chi connectivity index (χ0) is 15.3. The fraction of sp³-hybridized carbons (Fsp3) is 0.667. The average Bonchev–Trinajstić information content (AvgIpc) is 2.70. The Morgan fingerprint density at radius 1 is 1.40 bits per heavy atom. The van der Waals surface area contributed by atoms with Gasteiger partial charge >= 0.3 is 5.97 Å². The van der Waals surface area contributed by atoms with Crippen LogP contribution in [0.1, 0.15) is 27.7 Å². The van der Waals surface area contributed by atoms with Gasteiger partial charge in [-0.3, -0.25) is 9.48 Å². The summed E-state index contributed by atoms with van der Waals surface area (Å²) in [6, 6.07) is -0.150. The van der Waals surface area contributed by atoms with Crippen molar-refractivity contribution in [2.24, 2.45) is 10.8 Å². The van der Waals surface area contributed by atoms with E-state index in [1.807, 2.05) is 27.7 Å². The Morgan fingerprint density at radius 3 is 2.40 bits per heavy atom. The third-order valence-corrected chi connectivity index (χ3v) is 5.89. The average molecular weight is 301 g/mol. The first-order chi connectivity index (χ1) is 8.98. The molecule has 1 aliphatic carbocycles. The summed E-state index contributed by atoms with van der Waals surface area (Å²) in [7, 11) is -3.68. The molecule has 0 radical (unpaired) electrons. The monoisotopic (exact) mass is 301 g/mol. The van der Waals surface area contributed by atoms with Gasteiger partial charge in [0.1, 0.15) is 11.4 Å². The summed E-state index contributed by atoms with van der Waals surface area (Å²) in [6.07, 6.45) is 2.38. The maximum absolute atomic E-state index is 12.2. The number of carbonyl (C=O) groups is 1. The number of hydrogen-bond donors (Lipinski definition) is 2. The van der Waals surface area contributed by atoms with Gasteiger partial charge in [-0.2, -0.15) is 5.10 Å². The van der Waals surface area contributed by atoms with Crippen molar-refractivity contribution in [1.82, 2.24) is 14.5 Å². The Morgan fingerprint density at radius 2 is 1.95 bits per heavy atom. The highest BCUT2D eigenvalue weighted by atomic mass is 32.2. The molecule has 1 saturated carbocycles. The molecule has 2 rings (SSSR count). The van der Waals surface area contributed by atoms with E-state index in [4.69, 9.17) is 5.11 Å². The lowest BCUT2D eigenvalue weighted by molar-refractivity contribution is -0.137. The van der Waals surface area contributed by atoms with Crippen LogP contribution in [0.3, 0.4) is 0 Å². The molecule has 7 nitrogen and oxygen atoms in total. The SMILES string of the molecule is CC1(C)C(NS(=O)(=O)c2cnn(CC(=O)O)c2)C1(C)C. The van der Waals surface area contributed by atoms with E-state index in [-0.39, 0.29) is 28.3 Å². The van der Waals surface area contributed by atoms with Gasteiger partial charge in [-0.25, -0.2) is 13.1 Å². The van der Waals surface area contributed by atoms with Gasteiger partial charge in [-0.05, 0) is 10.8 Å². The molecule has 0 bridgehead atoms. The van der Waals surface area contributed by atoms with E-state index >= 15 is 0 Å². The lowest BCUT2D eigenvalue weighted by Gasteiger charge is -2.05. The van der Waals surface area contributed by atoms with Crippen LogP contribution in [-0.2, 0) is 21.4 Å². The van der Waals surface area contributed by atoms with E-state index < -0.39 is 16.0 Å². The second-order valence-electron chi connectivity index (χ2n) is 6.27. The standard InChI is InChI=1S/C12H19N3O4S/c1-11(2)10(12(11,3)4)14-20(18,19)8-5-13-15(6-8)7-9(16)17/h5-6,10,14H,7H2,1-4H3,(H,16,17). The number of sulfonamides is 1. The van der Waals surface area contributed by atoms with Crippen LogP contribution in [0.5, 0.6) is 0 Å². The molecule has 1 aromatic rings. The second-order valence-corrected chi connectivity index (χ2v) is 7.98. The van der Waals surface area contributed by atoms with Gasteiger partial charge < -0.3 is 5.11 Å². The maximum Gasteiger partial charge on any atom is 0.325 e. The number of carboxylic acid groups (broad SMARTS) is 1. The van der Waals surface area contributed by atoms with Gasteiger partial charge in [-0.15, -0.1) is 0 Å². The van der Waals surface area contributed by atoms with Crippen LogP contribution in [0.15, 0.2) is 17.3 Å². The molecule has 0 saturated heterocycles. The summed E-state index contributed by atoms with van der Waals surface area (Å²) in [5, 5.41) is 12.4. The van der Waals surface area contributed by atoms with Crippen LogP contribution in [0.2, 0.25) is 0 Å². The van der Waals surface area contributed by atoms with Crippen LogP contribution in [0, 0.1) is 10.8 Å². The van der Waals surface area contributed by atoms with Crippen LogP contribution >= 0.6 is 0 Å². The van der Waals surface area contributed by atoms with E-state index in [9.17, 15) is 13.2 Å². The number of nitrogens with zero attached hydrogens (tertiary/aromatic N) is 2. The van der Waals surface area contributed by atoms with Crippen molar-refractivity contribution in [3.05, 3.63) is 12.4 Å². The molecule has 1 aliphatic rings. The van der Waals surface area contributed by atoms with Crippen LogP contribution in [0.25, 0.3) is 0 Å². The minimum atomic E-state index is -3.68. The molecule has 0 aliphatic heterocycles.